The highest BCUT2D eigenvalue weighted by Gasteiger charge is 2.29. The molecule has 0 radical (unpaired) electrons. The van der Waals surface area contributed by atoms with E-state index in [1.54, 1.807) is 43.3 Å². The Morgan fingerprint density at radius 1 is 1.04 bits per heavy atom. The normalized spacial score (nSPS) is 17.3. The van der Waals surface area contributed by atoms with E-state index in [2.05, 4.69) is 13.8 Å². The van der Waals surface area contributed by atoms with E-state index in [1.165, 1.54) is 10.7 Å². The first-order chi connectivity index (χ1) is 12.6. The molecule has 1 atom stereocenters. The Morgan fingerprint density at radius 3 is 2.11 bits per heavy atom. The van der Waals surface area contributed by atoms with Gasteiger partial charge in [-0.1, -0.05) is 33.1 Å². The summed E-state index contributed by atoms with van der Waals surface area (Å²) in [5.74, 6) is 0.436. The fourth-order valence-electron chi connectivity index (χ4n) is 3.82. The number of carbonyl (C=O) groups excluding carboxylic acids is 1. The fraction of sp³-hybridized carbons (Fsp3) is 0.667. The van der Waals surface area contributed by atoms with Gasteiger partial charge in [0.2, 0.25) is 10.0 Å². The Morgan fingerprint density at radius 2 is 1.59 bits per heavy atom. The van der Waals surface area contributed by atoms with Crippen molar-refractivity contribution in [3.8, 4) is 0 Å². The van der Waals surface area contributed by atoms with Crippen LogP contribution in [0.2, 0.25) is 0 Å². The number of hydrogen-bond donors (Lipinski definition) is 0. The number of rotatable bonds is 7. The summed E-state index contributed by atoms with van der Waals surface area (Å²) < 4.78 is 27.3. The van der Waals surface area contributed by atoms with E-state index in [-0.39, 0.29) is 22.9 Å². The molecule has 1 amide bonds. The molecule has 152 valence electrons. The summed E-state index contributed by atoms with van der Waals surface area (Å²) in [7, 11) is -0.0503. The summed E-state index contributed by atoms with van der Waals surface area (Å²) in [6.45, 7) is 6.31. The van der Waals surface area contributed by atoms with Crippen LogP contribution in [-0.4, -0.2) is 49.7 Å². The molecule has 0 aliphatic heterocycles. The first kappa shape index (κ1) is 21.9. The molecule has 1 aromatic carbocycles. The number of carbonyl (C=O) groups is 1. The molecular weight excluding hydrogens is 360 g/mol. The summed E-state index contributed by atoms with van der Waals surface area (Å²) in [4.78, 5) is 14.7. The Hall–Kier alpha value is -1.40. The molecule has 1 aliphatic rings. The molecule has 27 heavy (non-hydrogen) atoms. The van der Waals surface area contributed by atoms with Gasteiger partial charge in [-0.3, -0.25) is 4.79 Å². The van der Waals surface area contributed by atoms with Gasteiger partial charge in [0.05, 0.1) is 4.90 Å². The van der Waals surface area contributed by atoms with Gasteiger partial charge in [0.15, 0.2) is 0 Å². The van der Waals surface area contributed by atoms with Crippen molar-refractivity contribution >= 4 is 15.9 Å². The molecule has 1 unspecified atom stereocenters. The number of benzene rings is 1. The predicted molar refractivity (Wildman–Crippen MR) is 109 cm³/mol. The van der Waals surface area contributed by atoms with Crippen molar-refractivity contribution in [2.24, 2.45) is 5.92 Å². The van der Waals surface area contributed by atoms with E-state index >= 15 is 0 Å². The molecule has 5 nitrogen and oxygen atoms in total. The summed E-state index contributed by atoms with van der Waals surface area (Å²) in [6, 6.07) is 6.59. The zero-order chi connectivity index (χ0) is 20.2. The summed E-state index contributed by atoms with van der Waals surface area (Å²) >= 11 is 0. The average molecular weight is 395 g/mol. The molecule has 0 aromatic heterocycles. The second kappa shape index (κ2) is 9.20. The maximum Gasteiger partial charge on any atom is 0.253 e. The van der Waals surface area contributed by atoms with E-state index < -0.39 is 10.0 Å². The summed E-state index contributed by atoms with van der Waals surface area (Å²) in [5.41, 5.74) is 0.521. The van der Waals surface area contributed by atoms with Gasteiger partial charge in [0.25, 0.3) is 5.91 Å². The SMILES string of the molecule is CC(C)CC(C)N(C)C(=O)c1ccc(S(=O)(=O)N(C)C2CCCCC2)cc1. The number of amides is 1. The van der Waals surface area contributed by atoms with Crippen molar-refractivity contribution in [2.45, 2.75) is 76.3 Å². The van der Waals surface area contributed by atoms with Crippen LogP contribution in [-0.2, 0) is 10.0 Å². The fourth-order valence-corrected chi connectivity index (χ4v) is 5.24. The van der Waals surface area contributed by atoms with Gasteiger partial charge < -0.3 is 4.90 Å². The highest BCUT2D eigenvalue weighted by Crippen LogP contribution is 2.26. The second-order valence-electron chi connectivity index (χ2n) is 8.23. The number of sulfonamides is 1. The highest BCUT2D eigenvalue weighted by molar-refractivity contribution is 7.89. The third-order valence-corrected chi connectivity index (χ3v) is 7.59. The van der Waals surface area contributed by atoms with E-state index in [4.69, 9.17) is 0 Å². The van der Waals surface area contributed by atoms with Crippen LogP contribution in [0.1, 0.15) is 69.7 Å². The van der Waals surface area contributed by atoms with E-state index in [0.29, 0.717) is 11.5 Å². The van der Waals surface area contributed by atoms with Gasteiger partial charge >= 0.3 is 0 Å². The maximum absolute atomic E-state index is 12.9. The molecule has 1 aromatic rings. The van der Waals surface area contributed by atoms with Gasteiger partial charge in [-0.25, -0.2) is 8.42 Å². The lowest BCUT2D eigenvalue weighted by Crippen LogP contribution is -2.38. The first-order valence-electron chi connectivity index (χ1n) is 9.99. The van der Waals surface area contributed by atoms with Crippen LogP contribution in [0.4, 0.5) is 0 Å². The molecule has 0 N–H and O–H groups in total. The Bertz CT molecular complexity index is 722. The van der Waals surface area contributed by atoms with Crippen LogP contribution in [0.3, 0.4) is 0 Å². The van der Waals surface area contributed by atoms with Crippen LogP contribution < -0.4 is 0 Å². The highest BCUT2D eigenvalue weighted by atomic mass is 32.2. The molecular formula is C21H34N2O3S. The number of hydrogen-bond acceptors (Lipinski definition) is 3. The summed E-state index contributed by atoms with van der Waals surface area (Å²) in [5, 5.41) is 0. The van der Waals surface area contributed by atoms with Crippen molar-refractivity contribution in [3.63, 3.8) is 0 Å². The van der Waals surface area contributed by atoms with Crippen LogP contribution >= 0.6 is 0 Å². The smallest absolute Gasteiger partial charge is 0.253 e. The predicted octanol–water partition coefficient (Wildman–Crippen LogP) is 4.15. The molecule has 1 saturated carbocycles. The zero-order valence-electron chi connectivity index (χ0n) is 17.3. The summed E-state index contributed by atoms with van der Waals surface area (Å²) in [6.07, 6.45) is 6.12. The molecule has 6 heteroatoms. The van der Waals surface area contributed by atoms with Gasteiger partial charge in [0, 0.05) is 31.7 Å². The lowest BCUT2D eigenvalue weighted by Gasteiger charge is -2.30. The Kier molecular flexibility index (Phi) is 7.46. The van der Waals surface area contributed by atoms with Crippen LogP contribution in [0.15, 0.2) is 29.2 Å². The standard InChI is InChI=1S/C21H34N2O3S/c1-16(2)15-17(3)22(4)21(24)18-11-13-20(14-12-18)27(25,26)23(5)19-9-7-6-8-10-19/h11-14,16-17,19H,6-10,15H2,1-5H3. The third-order valence-electron chi connectivity index (χ3n) is 5.66. The van der Waals surface area contributed by atoms with Crippen LogP contribution in [0.5, 0.6) is 0 Å². The molecule has 1 fully saturated rings. The van der Waals surface area contributed by atoms with Crippen molar-refractivity contribution in [1.29, 1.82) is 0 Å². The van der Waals surface area contributed by atoms with Crippen molar-refractivity contribution < 1.29 is 13.2 Å². The monoisotopic (exact) mass is 394 g/mol. The third kappa shape index (κ3) is 5.32. The molecule has 2 rings (SSSR count). The van der Waals surface area contributed by atoms with Gasteiger partial charge in [-0.05, 0) is 56.4 Å². The van der Waals surface area contributed by atoms with Crippen molar-refractivity contribution in [2.75, 3.05) is 14.1 Å². The minimum absolute atomic E-state index is 0.0762. The minimum Gasteiger partial charge on any atom is -0.339 e. The molecule has 0 saturated heterocycles. The van der Waals surface area contributed by atoms with Crippen LogP contribution in [0.25, 0.3) is 0 Å². The van der Waals surface area contributed by atoms with Crippen molar-refractivity contribution in [1.82, 2.24) is 9.21 Å². The minimum atomic E-state index is -3.53. The molecule has 0 bridgehead atoms. The van der Waals surface area contributed by atoms with Crippen molar-refractivity contribution in [3.05, 3.63) is 29.8 Å². The second-order valence-corrected chi connectivity index (χ2v) is 10.2. The lowest BCUT2D eigenvalue weighted by molar-refractivity contribution is 0.0728. The Balaban J connectivity index is 2.12. The average Bonchev–Trinajstić information content (AvgIpc) is 2.66. The lowest BCUT2D eigenvalue weighted by atomic mass is 9.96. The topological polar surface area (TPSA) is 57.7 Å². The molecule has 0 heterocycles. The molecule has 0 spiro atoms. The number of nitrogens with zero attached hydrogens (tertiary/aromatic N) is 2. The van der Waals surface area contributed by atoms with E-state index in [9.17, 15) is 13.2 Å². The molecule has 1 aliphatic carbocycles. The first-order valence-corrected chi connectivity index (χ1v) is 11.4. The quantitative estimate of drug-likeness (QED) is 0.698. The maximum atomic E-state index is 12.9. The van der Waals surface area contributed by atoms with E-state index in [1.807, 2.05) is 6.92 Å². The largest absolute Gasteiger partial charge is 0.339 e. The van der Waals surface area contributed by atoms with Crippen LogP contribution in [0, 0.1) is 5.92 Å². The van der Waals surface area contributed by atoms with Gasteiger partial charge in [0.1, 0.15) is 0 Å². The van der Waals surface area contributed by atoms with E-state index in [0.717, 1.165) is 32.1 Å². The van der Waals surface area contributed by atoms with Gasteiger partial charge in [-0.15, -0.1) is 0 Å². The zero-order valence-corrected chi connectivity index (χ0v) is 18.1. The Labute approximate surface area is 164 Å². The van der Waals surface area contributed by atoms with Gasteiger partial charge in [-0.2, -0.15) is 4.31 Å².